The Balaban J connectivity index is 2.00. The molecule has 134 valence electrons. The molecule has 6 heteroatoms. The third kappa shape index (κ3) is 5.32. The molecule has 0 spiro atoms. The Morgan fingerprint density at radius 2 is 1.72 bits per heavy atom. The van der Waals surface area contributed by atoms with Crippen LogP contribution < -0.4 is 10.6 Å². The minimum absolute atomic E-state index is 0.0555. The largest absolute Gasteiger partial charge is 0.376 e. The van der Waals surface area contributed by atoms with Gasteiger partial charge in [0.15, 0.2) is 9.84 Å². The van der Waals surface area contributed by atoms with Crippen molar-refractivity contribution < 1.29 is 13.2 Å². The summed E-state index contributed by atoms with van der Waals surface area (Å²) in [5.41, 5.74) is 3.46. The fourth-order valence-electron chi connectivity index (χ4n) is 2.35. The summed E-state index contributed by atoms with van der Waals surface area (Å²) < 4.78 is 23.3. The highest BCUT2D eigenvalue weighted by molar-refractivity contribution is 7.90. The van der Waals surface area contributed by atoms with Crippen LogP contribution in [0.15, 0.2) is 47.4 Å². The number of aryl methyl sites for hydroxylation is 1. The number of amides is 1. The highest BCUT2D eigenvalue weighted by Gasteiger charge is 2.10. The number of anilines is 2. The molecule has 0 aliphatic rings. The molecule has 0 fully saturated rings. The molecule has 0 bridgehead atoms. The lowest BCUT2D eigenvalue weighted by Gasteiger charge is -2.12. The van der Waals surface area contributed by atoms with Crippen LogP contribution in [0.1, 0.15) is 30.9 Å². The Morgan fingerprint density at radius 3 is 2.28 bits per heavy atom. The van der Waals surface area contributed by atoms with Gasteiger partial charge in [-0.1, -0.05) is 32.0 Å². The summed E-state index contributed by atoms with van der Waals surface area (Å²) in [6, 6.07) is 12.6. The van der Waals surface area contributed by atoms with E-state index in [0.29, 0.717) is 11.6 Å². The van der Waals surface area contributed by atoms with Crippen molar-refractivity contribution in [2.75, 3.05) is 23.4 Å². The Kier molecular flexibility index (Phi) is 5.85. The van der Waals surface area contributed by atoms with E-state index in [1.165, 1.54) is 5.56 Å². The summed E-state index contributed by atoms with van der Waals surface area (Å²) in [7, 11) is -3.28. The highest BCUT2D eigenvalue weighted by Crippen LogP contribution is 2.20. The van der Waals surface area contributed by atoms with E-state index in [2.05, 4.69) is 24.5 Å². The number of sulfone groups is 1. The quantitative estimate of drug-likeness (QED) is 0.826. The van der Waals surface area contributed by atoms with Crippen molar-refractivity contribution in [1.82, 2.24) is 0 Å². The molecule has 0 atom stereocenters. The summed E-state index contributed by atoms with van der Waals surface area (Å²) in [5, 5.41) is 5.82. The second kappa shape index (κ2) is 7.70. The zero-order valence-corrected chi connectivity index (χ0v) is 15.8. The standard InChI is InChI=1S/C19H24N2O3S/c1-13(2)15-6-8-16(9-7-15)21-19(22)12-20-18-11-17(25(4,23)24)10-5-14(18)3/h5-11,13,20H,12H2,1-4H3,(H,21,22). The molecule has 0 unspecified atom stereocenters. The molecule has 0 saturated heterocycles. The van der Waals surface area contributed by atoms with E-state index in [1.807, 2.05) is 31.2 Å². The van der Waals surface area contributed by atoms with Crippen molar-refractivity contribution in [2.45, 2.75) is 31.6 Å². The van der Waals surface area contributed by atoms with Crippen LogP contribution in [0.4, 0.5) is 11.4 Å². The van der Waals surface area contributed by atoms with Crippen LogP contribution in [0.5, 0.6) is 0 Å². The van der Waals surface area contributed by atoms with Crippen molar-refractivity contribution in [3.63, 3.8) is 0 Å². The zero-order chi connectivity index (χ0) is 18.6. The lowest BCUT2D eigenvalue weighted by Crippen LogP contribution is -2.22. The van der Waals surface area contributed by atoms with E-state index in [1.54, 1.807) is 18.2 Å². The first-order valence-corrected chi connectivity index (χ1v) is 10.0. The van der Waals surface area contributed by atoms with Crippen LogP contribution in [0.25, 0.3) is 0 Å². The number of benzene rings is 2. The predicted octanol–water partition coefficient (Wildman–Crippen LogP) is 3.57. The molecule has 2 rings (SSSR count). The van der Waals surface area contributed by atoms with Crippen molar-refractivity contribution in [3.05, 3.63) is 53.6 Å². The molecular weight excluding hydrogens is 336 g/mol. The van der Waals surface area contributed by atoms with E-state index in [0.717, 1.165) is 17.5 Å². The zero-order valence-electron chi connectivity index (χ0n) is 15.0. The van der Waals surface area contributed by atoms with Crippen LogP contribution in [0, 0.1) is 6.92 Å². The van der Waals surface area contributed by atoms with Crippen LogP contribution in [0.2, 0.25) is 0 Å². The fraction of sp³-hybridized carbons (Fsp3) is 0.316. The Labute approximate surface area is 149 Å². The molecule has 5 nitrogen and oxygen atoms in total. The Hall–Kier alpha value is -2.34. The van der Waals surface area contributed by atoms with Gasteiger partial charge in [-0.2, -0.15) is 0 Å². The van der Waals surface area contributed by atoms with Gasteiger partial charge in [0.1, 0.15) is 0 Å². The van der Waals surface area contributed by atoms with E-state index < -0.39 is 9.84 Å². The maximum absolute atomic E-state index is 12.1. The second-order valence-electron chi connectivity index (χ2n) is 6.43. The van der Waals surface area contributed by atoms with Gasteiger partial charge >= 0.3 is 0 Å². The van der Waals surface area contributed by atoms with Gasteiger partial charge in [0.25, 0.3) is 0 Å². The third-order valence-corrected chi connectivity index (χ3v) is 5.05. The van der Waals surface area contributed by atoms with Gasteiger partial charge in [-0.25, -0.2) is 8.42 Å². The first kappa shape index (κ1) is 19.0. The van der Waals surface area contributed by atoms with Crippen molar-refractivity contribution in [1.29, 1.82) is 0 Å². The van der Waals surface area contributed by atoms with E-state index in [9.17, 15) is 13.2 Å². The van der Waals surface area contributed by atoms with Gasteiger partial charge in [0.2, 0.25) is 5.91 Å². The number of rotatable bonds is 6. The SMILES string of the molecule is Cc1ccc(S(C)(=O)=O)cc1NCC(=O)Nc1ccc(C(C)C)cc1. The van der Waals surface area contributed by atoms with Gasteiger partial charge in [0.05, 0.1) is 11.4 Å². The van der Waals surface area contributed by atoms with Gasteiger partial charge in [0, 0.05) is 17.6 Å². The first-order chi connectivity index (χ1) is 11.7. The van der Waals surface area contributed by atoms with Gasteiger partial charge in [-0.3, -0.25) is 4.79 Å². The van der Waals surface area contributed by atoms with Gasteiger partial charge < -0.3 is 10.6 Å². The average Bonchev–Trinajstić information content (AvgIpc) is 2.53. The van der Waals surface area contributed by atoms with Crippen LogP contribution in [-0.4, -0.2) is 27.1 Å². The molecule has 0 aromatic heterocycles. The Bertz CT molecular complexity index is 857. The summed E-state index contributed by atoms with van der Waals surface area (Å²) in [5.74, 6) is 0.248. The summed E-state index contributed by atoms with van der Waals surface area (Å²) >= 11 is 0. The monoisotopic (exact) mass is 360 g/mol. The minimum Gasteiger partial charge on any atom is -0.376 e. The molecule has 2 aromatic rings. The lowest BCUT2D eigenvalue weighted by atomic mass is 10.0. The first-order valence-electron chi connectivity index (χ1n) is 8.11. The molecule has 1 amide bonds. The van der Waals surface area contributed by atoms with Crippen LogP contribution >= 0.6 is 0 Å². The van der Waals surface area contributed by atoms with Crippen molar-refractivity contribution in [3.8, 4) is 0 Å². The van der Waals surface area contributed by atoms with Crippen LogP contribution in [0.3, 0.4) is 0 Å². The van der Waals surface area contributed by atoms with Crippen LogP contribution in [-0.2, 0) is 14.6 Å². The number of carbonyl (C=O) groups is 1. The maximum Gasteiger partial charge on any atom is 0.243 e. The number of hydrogen-bond acceptors (Lipinski definition) is 4. The molecule has 0 aliphatic carbocycles. The van der Waals surface area contributed by atoms with Crippen molar-refractivity contribution in [2.24, 2.45) is 0 Å². The topological polar surface area (TPSA) is 75.3 Å². The highest BCUT2D eigenvalue weighted by atomic mass is 32.2. The Morgan fingerprint density at radius 1 is 1.08 bits per heavy atom. The van der Waals surface area contributed by atoms with Gasteiger partial charge in [-0.15, -0.1) is 0 Å². The number of nitrogens with one attached hydrogen (secondary N) is 2. The van der Waals surface area contributed by atoms with Crippen molar-refractivity contribution >= 4 is 27.1 Å². The number of carbonyl (C=O) groups excluding carboxylic acids is 1. The number of hydrogen-bond donors (Lipinski definition) is 2. The summed E-state index contributed by atoms with van der Waals surface area (Å²) in [6.45, 7) is 6.14. The predicted molar refractivity (Wildman–Crippen MR) is 102 cm³/mol. The maximum atomic E-state index is 12.1. The second-order valence-corrected chi connectivity index (χ2v) is 8.44. The molecule has 0 aliphatic heterocycles. The summed E-state index contributed by atoms with van der Waals surface area (Å²) in [4.78, 5) is 12.3. The average molecular weight is 360 g/mol. The lowest BCUT2D eigenvalue weighted by molar-refractivity contribution is -0.114. The molecule has 0 saturated carbocycles. The summed E-state index contributed by atoms with van der Waals surface area (Å²) in [6.07, 6.45) is 1.16. The molecule has 0 radical (unpaired) electrons. The molecule has 2 N–H and O–H groups in total. The van der Waals surface area contributed by atoms with E-state index in [4.69, 9.17) is 0 Å². The fourth-order valence-corrected chi connectivity index (χ4v) is 3.00. The molecule has 25 heavy (non-hydrogen) atoms. The van der Waals surface area contributed by atoms with E-state index in [-0.39, 0.29) is 17.3 Å². The molecular formula is C19H24N2O3S. The van der Waals surface area contributed by atoms with Gasteiger partial charge in [-0.05, 0) is 48.2 Å². The normalized spacial score (nSPS) is 11.4. The minimum atomic E-state index is -3.28. The molecule has 0 heterocycles. The smallest absolute Gasteiger partial charge is 0.243 e. The third-order valence-electron chi connectivity index (χ3n) is 3.94. The molecule has 2 aromatic carbocycles. The van der Waals surface area contributed by atoms with E-state index >= 15 is 0 Å².